The first-order chi connectivity index (χ1) is 11.5. The predicted molar refractivity (Wildman–Crippen MR) is 93.6 cm³/mol. The Morgan fingerprint density at radius 2 is 1.79 bits per heavy atom. The zero-order valence-corrected chi connectivity index (χ0v) is 13.8. The van der Waals surface area contributed by atoms with Crippen molar-refractivity contribution in [2.45, 2.75) is 0 Å². The molecule has 6 heteroatoms. The van der Waals surface area contributed by atoms with Gasteiger partial charge in [-0.25, -0.2) is 9.37 Å². The Bertz CT molecular complexity index is 903. The van der Waals surface area contributed by atoms with Crippen LogP contribution in [0.2, 0.25) is 10.0 Å². The second-order valence-electron chi connectivity index (χ2n) is 5.00. The molecule has 1 heterocycles. The maximum Gasteiger partial charge on any atom is 0.209 e. The zero-order valence-electron chi connectivity index (χ0n) is 12.3. The van der Waals surface area contributed by atoms with Crippen molar-refractivity contribution in [3.8, 4) is 0 Å². The Labute approximate surface area is 148 Å². The second kappa shape index (κ2) is 6.99. The molecule has 0 fully saturated rings. The van der Waals surface area contributed by atoms with Crippen molar-refractivity contribution in [3.63, 3.8) is 0 Å². The van der Waals surface area contributed by atoms with Crippen LogP contribution < -0.4 is 0 Å². The van der Waals surface area contributed by atoms with Crippen molar-refractivity contribution in [2.75, 3.05) is 0 Å². The van der Waals surface area contributed by atoms with Gasteiger partial charge < -0.3 is 4.57 Å². The van der Waals surface area contributed by atoms with E-state index in [1.54, 1.807) is 30.5 Å². The lowest BCUT2D eigenvalue weighted by atomic mass is 10.1. The lowest BCUT2D eigenvalue weighted by Gasteiger charge is -2.09. The van der Waals surface area contributed by atoms with E-state index in [0.717, 1.165) is 0 Å². The molecule has 3 aromatic rings. The molecular formula is C18H11Cl2FN2O. The van der Waals surface area contributed by atoms with Gasteiger partial charge in [0.2, 0.25) is 5.78 Å². The van der Waals surface area contributed by atoms with Gasteiger partial charge in [0.1, 0.15) is 5.82 Å². The Morgan fingerprint density at radius 1 is 1.08 bits per heavy atom. The van der Waals surface area contributed by atoms with Gasteiger partial charge in [-0.3, -0.25) is 4.79 Å². The standard InChI is InChI=1S/C18H11Cl2FN2O/c19-14-3-1-12(2-4-14)18(24)17(23-8-7-22-11-23)10-13-9-15(20)5-6-16(13)21/h1-11H. The number of halogens is 3. The highest BCUT2D eigenvalue weighted by atomic mass is 35.5. The van der Waals surface area contributed by atoms with Crippen LogP contribution in [0.1, 0.15) is 15.9 Å². The first kappa shape index (κ1) is 16.4. The van der Waals surface area contributed by atoms with Gasteiger partial charge in [0, 0.05) is 33.6 Å². The average Bonchev–Trinajstić information content (AvgIpc) is 3.10. The van der Waals surface area contributed by atoms with Crippen molar-refractivity contribution in [2.24, 2.45) is 0 Å². The van der Waals surface area contributed by atoms with E-state index >= 15 is 0 Å². The molecular weight excluding hydrogens is 350 g/mol. The summed E-state index contributed by atoms with van der Waals surface area (Å²) in [5.41, 5.74) is 0.895. The monoisotopic (exact) mass is 360 g/mol. The minimum Gasteiger partial charge on any atom is -0.303 e. The molecule has 0 bridgehead atoms. The van der Waals surface area contributed by atoms with Crippen LogP contribution in [0.3, 0.4) is 0 Å². The molecule has 120 valence electrons. The van der Waals surface area contributed by atoms with Gasteiger partial charge in [0.15, 0.2) is 0 Å². The number of benzene rings is 2. The summed E-state index contributed by atoms with van der Waals surface area (Å²) >= 11 is 11.8. The molecule has 0 aliphatic rings. The maximum atomic E-state index is 14.0. The van der Waals surface area contributed by atoms with Gasteiger partial charge in [-0.2, -0.15) is 0 Å². The molecule has 0 N–H and O–H groups in total. The maximum absolute atomic E-state index is 14.0. The van der Waals surface area contributed by atoms with Crippen LogP contribution in [0, 0.1) is 5.82 Å². The van der Waals surface area contributed by atoms with Crippen molar-refractivity contribution in [1.29, 1.82) is 0 Å². The molecule has 0 atom stereocenters. The Kier molecular flexibility index (Phi) is 4.79. The number of allylic oxidation sites excluding steroid dienone is 1. The summed E-state index contributed by atoms with van der Waals surface area (Å²) in [6.07, 6.45) is 6.07. The van der Waals surface area contributed by atoms with E-state index in [0.29, 0.717) is 15.6 Å². The highest BCUT2D eigenvalue weighted by Gasteiger charge is 2.15. The Balaban J connectivity index is 2.10. The predicted octanol–water partition coefficient (Wildman–Crippen LogP) is 5.21. The molecule has 0 unspecified atom stereocenters. The molecule has 1 aromatic heterocycles. The largest absolute Gasteiger partial charge is 0.303 e. The van der Waals surface area contributed by atoms with Gasteiger partial charge in [-0.1, -0.05) is 23.2 Å². The summed E-state index contributed by atoms with van der Waals surface area (Å²) in [6, 6.07) is 10.6. The van der Waals surface area contributed by atoms with Crippen molar-refractivity contribution in [3.05, 3.63) is 88.2 Å². The summed E-state index contributed by atoms with van der Waals surface area (Å²) in [4.78, 5) is 16.8. The van der Waals surface area contributed by atoms with E-state index < -0.39 is 5.82 Å². The molecule has 0 saturated heterocycles. The van der Waals surface area contributed by atoms with E-state index in [2.05, 4.69) is 4.98 Å². The number of imidazole rings is 1. The number of aromatic nitrogens is 2. The Morgan fingerprint density at radius 3 is 2.46 bits per heavy atom. The van der Waals surface area contributed by atoms with Crippen LogP contribution in [0.25, 0.3) is 11.8 Å². The average molecular weight is 361 g/mol. The topological polar surface area (TPSA) is 34.9 Å². The molecule has 0 spiro atoms. The fourth-order valence-corrected chi connectivity index (χ4v) is 2.49. The number of carbonyl (C=O) groups is 1. The van der Waals surface area contributed by atoms with E-state index in [-0.39, 0.29) is 17.0 Å². The highest BCUT2D eigenvalue weighted by molar-refractivity contribution is 6.32. The van der Waals surface area contributed by atoms with Crippen LogP contribution in [-0.2, 0) is 0 Å². The number of rotatable bonds is 4. The molecule has 0 amide bonds. The number of hydrogen-bond donors (Lipinski definition) is 0. The minimum atomic E-state index is -0.471. The van der Waals surface area contributed by atoms with E-state index in [9.17, 15) is 9.18 Å². The lowest BCUT2D eigenvalue weighted by molar-refractivity contribution is 0.105. The Hall–Kier alpha value is -2.43. The fourth-order valence-electron chi connectivity index (χ4n) is 2.18. The molecule has 3 rings (SSSR count). The van der Waals surface area contributed by atoms with Gasteiger partial charge in [-0.05, 0) is 48.5 Å². The molecule has 0 aliphatic carbocycles. The third kappa shape index (κ3) is 3.55. The van der Waals surface area contributed by atoms with Gasteiger partial charge >= 0.3 is 0 Å². The van der Waals surface area contributed by atoms with Crippen molar-refractivity contribution < 1.29 is 9.18 Å². The molecule has 0 radical (unpaired) electrons. The SMILES string of the molecule is O=C(C(=Cc1cc(Cl)ccc1F)n1ccnc1)c1ccc(Cl)cc1. The summed E-state index contributed by atoms with van der Waals surface area (Å²) in [7, 11) is 0. The molecule has 24 heavy (non-hydrogen) atoms. The van der Waals surface area contributed by atoms with E-state index in [1.807, 2.05) is 0 Å². The van der Waals surface area contributed by atoms with Crippen molar-refractivity contribution in [1.82, 2.24) is 9.55 Å². The molecule has 3 nitrogen and oxygen atoms in total. The van der Waals surface area contributed by atoms with Crippen LogP contribution in [0.5, 0.6) is 0 Å². The quantitative estimate of drug-likeness (QED) is 0.472. The highest BCUT2D eigenvalue weighted by Crippen LogP contribution is 2.22. The summed E-state index contributed by atoms with van der Waals surface area (Å²) in [5, 5.41) is 0.909. The van der Waals surface area contributed by atoms with Crippen LogP contribution >= 0.6 is 23.2 Å². The number of carbonyl (C=O) groups excluding carboxylic acids is 1. The number of ketones is 1. The zero-order chi connectivity index (χ0) is 17.1. The second-order valence-corrected chi connectivity index (χ2v) is 5.87. The van der Waals surface area contributed by atoms with E-state index in [1.165, 1.54) is 41.4 Å². The number of hydrogen-bond acceptors (Lipinski definition) is 2. The molecule has 2 aromatic carbocycles. The molecule has 0 aliphatic heterocycles. The number of nitrogens with zero attached hydrogens (tertiary/aromatic N) is 2. The number of Topliss-reactive ketones (excluding diaryl/α,β-unsaturated/α-hetero) is 1. The first-order valence-corrected chi connectivity index (χ1v) is 7.75. The van der Waals surface area contributed by atoms with Crippen molar-refractivity contribution >= 4 is 40.8 Å². The minimum absolute atomic E-state index is 0.216. The normalized spacial score (nSPS) is 11.5. The summed E-state index contributed by atoms with van der Waals surface area (Å²) in [5.74, 6) is -0.759. The molecule has 0 saturated carbocycles. The first-order valence-electron chi connectivity index (χ1n) is 7.00. The lowest BCUT2D eigenvalue weighted by Crippen LogP contribution is -2.08. The van der Waals surface area contributed by atoms with Crippen LogP contribution in [0.15, 0.2) is 61.2 Å². The van der Waals surface area contributed by atoms with Gasteiger partial charge in [-0.15, -0.1) is 0 Å². The van der Waals surface area contributed by atoms with Gasteiger partial charge in [0.25, 0.3) is 0 Å². The van der Waals surface area contributed by atoms with E-state index in [4.69, 9.17) is 23.2 Å². The summed E-state index contributed by atoms with van der Waals surface area (Å²) < 4.78 is 15.6. The van der Waals surface area contributed by atoms with Gasteiger partial charge in [0.05, 0.1) is 12.0 Å². The smallest absolute Gasteiger partial charge is 0.209 e. The van der Waals surface area contributed by atoms with Crippen LogP contribution in [-0.4, -0.2) is 15.3 Å². The van der Waals surface area contributed by atoms with Crippen LogP contribution in [0.4, 0.5) is 4.39 Å². The fraction of sp³-hybridized carbons (Fsp3) is 0. The third-order valence-corrected chi connectivity index (χ3v) is 3.86. The summed E-state index contributed by atoms with van der Waals surface area (Å²) in [6.45, 7) is 0. The third-order valence-electron chi connectivity index (χ3n) is 3.37.